The zero-order valence-corrected chi connectivity index (χ0v) is 14.7. The van der Waals surface area contributed by atoms with Crippen LogP contribution < -0.4 is 10.1 Å². The number of ether oxygens (including phenoxy) is 1. The lowest BCUT2D eigenvalue weighted by molar-refractivity contribution is 0.299. The number of halogens is 2. The van der Waals surface area contributed by atoms with Gasteiger partial charge in [-0.15, -0.1) is 12.4 Å². The molecule has 0 heterocycles. The Morgan fingerprint density at radius 2 is 1.67 bits per heavy atom. The summed E-state index contributed by atoms with van der Waals surface area (Å²) in [5, 5.41) is 3.65. The lowest BCUT2D eigenvalue weighted by Gasteiger charge is -2.23. The van der Waals surface area contributed by atoms with Crippen molar-refractivity contribution in [2.24, 2.45) is 0 Å². The third kappa shape index (κ3) is 5.50. The van der Waals surface area contributed by atoms with Gasteiger partial charge >= 0.3 is 0 Å². The molecule has 0 bridgehead atoms. The first-order chi connectivity index (χ1) is 11.3. The minimum atomic E-state index is -0.217. The summed E-state index contributed by atoms with van der Waals surface area (Å²) in [6, 6.07) is 15.2. The van der Waals surface area contributed by atoms with Gasteiger partial charge in [0.2, 0.25) is 0 Å². The van der Waals surface area contributed by atoms with E-state index in [1.165, 1.54) is 49.8 Å². The highest BCUT2D eigenvalue weighted by Crippen LogP contribution is 2.22. The van der Waals surface area contributed by atoms with Gasteiger partial charge in [-0.05, 0) is 36.6 Å². The van der Waals surface area contributed by atoms with Gasteiger partial charge in [0, 0.05) is 18.2 Å². The van der Waals surface area contributed by atoms with Crippen molar-refractivity contribution in [1.29, 1.82) is 0 Å². The minimum Gasteiger partial charge on any atom is -0.489 e. The fourth-order valence-electron chi connectivity index (χ4n) is 3.09. The van der Waals surface area contributed by atoms with E-state index in [1.54, 1.807) is 12.1 Å². The summed E-state index contributed by atoms with van der Waals surface area (Å²) in [5.41, 5.74) is 2.15. The molecular weight excluding hydrogens is 325 g/mol. The molecule has 130 valence electrons. The molecule has 1 aliphatic rings. The Morgan fingerprint density at radius 1 is 0.958 bits per heavy atom. The quantitative estimate of drug-likeness (QED) is 0.769. The maximum atomic E-state index is 12.9. The summed E-state index contributed by atoms with van der Waals surface area (Å²) in [6.07, 6.45) is 6.59. The highest BCUT2D eigenvalue weighted by atomic mass is 35.5. The summed E-state index contributed by atoms with van der Waals surface area (Å²) in [6.45, 7) is 1.30. The first kappa shape index (κ1) is 18.8. The summed E-state index contributed by atoms with van der Waals surface area (Å²) >= 11 is 0. The molecule has 3 rings (SSSR count). The van der Waals surface area contributed by atoms with Crippen LogP contribution in [0.4, 0.5) is 4.39 Å². The van der Waals surface area contributed by atoms with E-state index in [-0.39, 0.29) is 18.2 Å². The van der Waals surface area contributed by atoms with Crippen LogP contribution in [0.5, 0.6) is 5.75 Å². The average molecular weight is 350 g/mol. The molecule has 1 saturated carbocycles. The van der Waals surface area contributed by atoms with Gasteiger partial charge in [0.15, 0.2) is 0 Å². The topological polar surface area (TPSA) is 21.3 Å². The van der Waals surface area contributed by atoms with Crippen LogP contribution in [0, 0.1) is 5.82 Å². The van der Waals surface area contributed by atoms with Gasteiger partial charge in [0.25, 0.3) is 0 Å². The summed E-state index contributed by atoms with van der Waals surface area (Å²) in [5.74, 6) is 0.686. The molecule has 4 heteroatoms. The smallest absolute Gasteiger partial charge is 0.124 e. The number of para-hydroxylation sites is 1. The number of hydrogen-bond acceptors (Lipinski definition) is 2. The third-order valence-corrected chi connectivity index (χ3v) is 4.47. The van der Waals surface area contributed by atoms with Gasteiger partial charge in [-0.25, -0.2) is 4.39 Å². The average Bonchev–Trinajstić information content (AvgIpc) is 2.61. The Hall–Kier alpha value is -1.58. The highest BCUT2D eigenvalue weighted by Gasteiger charge is 2.13. The van der Waals surface area contributed by atoms with Crippen LogP contribution in [0.2, 0.25) is 0 Å². The monoisotopic (exact) mass is 349 g/mol. The molecule has 0 spiro atoms. The standard InChI is InChI=1S/C20H24FNO.ClH/c21-18-12-10-16(11-13-18)15-23-20-9-5-4-6-17(20)14-22-19-7-2-1-3-8-19;/h4-6,9-13,19,22H,1-3,7-8,14-15H2;1H. The second kappa shape index (κ2) is 9.65. The number of rotatable bonds is 6. The van der Waals surface area contributed by atoms with Crippen LogP contribution in [0.15, 0.2) is 48.5 Å². The van der Waals surface area contributed by atoms with E-state index in [4.69, 9.17) is 4.74 Å². The van der Waals surface area contributed by atoms with Crippen LogP contribution in [-0.2, 0) is 13.2 Å². The third-order valence-electron chi connectivity index (χ3n) is 4.47. The van der Waals surface area contributed by atoms with Gasteiger partial charge in [-0.1, -0.05) is 49.6 Å². The second-order valence-corrected chi connectivity index (χ2v) is 6.24. The highest BCUT2D eigenvalue weighted by molar-refractivity contribution is 5.85. The van der Waals surface area contributed by atoms with E-state index in [1.807, 2.05) is 18.2 Å². The van der Waals surface area contributed by atoms with Crippen LogP contribution in [-0.4, -0.2) is 6.04 Å². The SMILES string of the molecule is Cl.Fc1ccc(COc2ccccc2CNC2CCCCC2)cc1. The van der Waals surface area contributed by atoms with Gasteiger partial charge in [0.1, 0.15) is 18.2 Å². The Kier molecular flexibility index (Phi) is 7.54. The molecule has 24 heavy (non-hydrogen) atoms. The molecule has 1 aliphatic carbocycles. The first-order valence-corrected chi connectivity index (χ1v) is 8.50. The fourth-order valence-corrected chi connectivity index (χ4v) is 3.09. The molecule has 0 saturated heterocycles. The lowest BCUT2D eigenvalue weighted by Crippen LogP contribution is -2.30. The molecule has 2 aromatic carbocycles. The summed E-state index contributed by atoms with van der Waals surface area (Å²) < 4.78 is 18.9. The molecule has 0 radical (unpaired) electrons. The van der Waals surface area contributed by atoms with E-state index in [2.05, 4.69) is 11.4 Å². The van der Waals surface area contributed by atoms with E-state index in [0.717, 1.165) is 17.9 Å². The maximum absolute atomic E-state index is 12.9. The Morgan fingerprint density at radius 3 is 2.42 bits per heavy atom. The van der Waals surface area contributed by atoms with Crippen molar-refractivity contribution in [1.82, 2.24) is 5.32 Å². The van der Waals surface area contributed by atoms with E-state index in [9.17, 15) is 4.39 Å². The molecule has 0 amide bonds. The van der Waals surface area contributed by atoms with E-state index in [0.29, 0.717) is 12.6 Å². The Balaban J connectivity index is 0.00000208. The van der Waals surface area contributed by atoms with Crippen molar-refractivity contribution < 1.29 is 9.13 Å². The molecule has 1 fully saturated rings. The van der Waals surface area contributed by atoms with Crippen LogP contribution in [0.1, 0.15) is 43.2 Å². The van der Waals surface area contributed by atoms with Gasteiger partial charge in [-0.2, -0.15) is 0 Å². The number of hydrogen-bond donors (Lipinski definition) is 1. The number of nitrogens with one attached hydrogen (secondary N) is 1. The molecule has 2 nitrogen and oxygen atoms in total. The summed E-state index contributed by atoms with van der Waals surface area (Å²) in [7, 11) is 0. The van der Waals surface area contributed by atoms with Crippen LogP contribution >= 0.6 is 12.4 Å². The molecule has 0 aromatic heterocycles. The predicted molar refractivity (Wildman–Crippen MR) is 98.1 cm³/mol. The van der Waals surface area contributed by atoms with Crippen LogP contribution in [0.25, 0.3) is 0 Å². The van der Waals surface area contributed by atoms with Crippen molar-refractivity contribution in [2.45, 2.75) is 51.3 Å². The van der Waals surface area contributed by atoms with Gasteiger partial charge < -0.3 is 10.1 Å². The lowest BCUT2D eigenvalue weighted by atomic mass is 9.95. The molecule has 0 aliphatic heterocycles. The van der Waals surface area contributed by atoms with Gasteiger partial charge in [0.05, 0.1) is 0 Å². The van der Waals surface area contributed by atoms with E-state index < -0.39 is 0 Å². The largest absolute Gasteiger partial charge is 0.489 e. The molecule has 0 unspecified atom stereocenters. The predicted octanol–water partition coefficient (Wildman–Crippen LogP) is 5.25. The zero-order valence-electron chi connectivity index (χ0n) is 13.8. The van der Waals surface area contributed by atoms with E-state index >= 15 is 0 Å². The molecule has 2 aromatic rings. The maximum Gasteiger partial charge on any atom is 0.124 e. The van der Waals surface area contributed by atoms with Crippen molar-refractivity contribution in [3.63, 3.8) is 0 Å². The van der Waals surface area contributed by atoms with Crippen molar-refractivity contribution in [3.05, 3.63) is 65.5 Å². The van der Waals surface area contributed by atoms with Crippen molar-refractivity contribution >= 4 is 12.4 Å². The summed E-state index contributed by atoms with van der Waals surface area (Å²) in [4.78, 5) is 0. The van der Waals surface area contributed by atoms with Gasteiger partial charge in [-0.3, -0.25) is 0 Å². The molecule has 1 N–H and O–H groups in total. The Labute approximate surface area is 149 Å². The first-order valence-electron chi connectivity index (χ1n) is 8.50. The Bertz CT molecular complexity index is 611. The minimum absolute atomic E-state index is 0. The second-order valence-electron chi connectivity index (χ2n) is 6.24. The number of benzene rings is 2. The molecular formula is C20H25ClFNO. The normalized spacial score (nSPS) is 14.9. The van der Waals surface area contributed by atoms with Crippen LogP contribution in [0.3, 0.4) is 0 Å². The van der Waals surface area contributed by atoms with Crippen molar-refractivity contribution in [3.8, 4) is 5.75 Å². The van der Waals surface area contributed by atoms with Crippen molar-refractivity contribution in [2.75, 3.05) is 0 Å². The fraction of sp³-hybridized carbons (Fsp3) is 0.400. The zero-order chi connectivity index (χ0) is 15.9. The molecule has 0 atom stereocenters.